The Hall–Kier alpha value is -1.25. The van der Waals surface area contributed by atoms with E-state index in [0.717, 1.165) is 12.3 Å². The smallest absolute Gasteiger partial charge is 0.213 e. The van der Waals surface area contributed by atoms with Gasteiger partial charge in [-0.1, -0.05) is 13.8 Å². The van der Waals surface area contributed by atoms with Crippen LogP contribution in [0.3, 0.4) is 0 Å². The number of nitrogens with one attached hydrogen (secondary N) is 1. The predicted octanol–water partition coefficient (Wildman–Crippen LogP) is 3.08. The molecule has 1 aliphatic rings. The molecule has 0 aromatic carbocycles. The van der Waals surface area contributed by atoms with E-state index in [9.17, 15) is 0 Å². The Bertz CT molecular complexity index is 317. The maximum atomic E-state index is 5.53. The standard InChI is InChI=1S/C13H20N2O/c1-10(2)9-16-13-7-6-12(8-14-13)15-11-4-3-5-11/h6-8,10-11,15H,3-5,9H2,1-2H3. The fraction of sp³-hybridized carbons (Fsp3) is 0.615. The van der Waals surface area contributed by atoms with E-state index in [1.54, 1.807) is 0 Å². The highest BCUT2D eigenvalue weighted by Crippen LogP contribution is 2.23. The first kappa shape index (κ1) is 11.2. The Labute approximate surface area is 97.2 Å². The van der Waals surface area contributed by atoms with Gasteiger partial charge in [-0.05, 0) is 31.2 Å². The molecule has 0 saturated heterocycles. The van der Waals surface area contributed by atoms with Crippen molar-refractivity contribution in [3.05, 3.63) is 18.3 Å². The highest BCUT2D eigenvalue weighted by molar-refractivity contribution is 5.43. The number of aromatic nitrogens is 1. The quantitative estimate of drug-likeness (QED) is 0.828. The van der Waals surface area contributed by atoms with Crippen molar-refractivity contribution < 1.29 is 4.74 Å². The van der Waals surface area contributed by atoms with Gasteiger partial charge in [-0.2, -0.15) is 0 Å². The summed E-state index contributed by atoms with van der Waals surface area (Å²) in [5, 5.41) is 3.45. The van der Waals surface area contributed by atoms with Crippen LogP contribution >= 0.6 is 0 Å². The summed E-state index contributed by atoms with van der Waals surface area (Å²) in [6.45, 7) is 4.99. The molecule has 1 aliphatic carbocycles. The number of nitrogens with zero attached hydrogens (tertiary/aromatic N) is 1. The van der Waals surface area contributed by atoms with Crippen molar-refractivity contribution in [2.24, 2.45) is 5.92 Å². The molecule has 1 aromatic heterocycles. The van der Waals surface area contributed by atoms with Crippen molar-refractivity contribution in [3.63, 3.8) is 0 Å². The van der Waals surface area contributed by atoms with Gasteiger partial charge in [0.2, 0.25) is 5.88 Å². The molecule has 0 atom stereocenters. The van der Waals surface area contributed by atoms with Gasteiger partial charge in [0.05, 0.1) is 18.5 Å². The third-order valence-electron chi connectivity index (χ3n) is 2.78. The van der Waals surface area contributed by atoms with E-state index in [0.29, 0.717) is 17.8 Å². The Balaban J connectivity index is 1.83. The summed E-state index contributed by atoms with van der Waals surface area (Å²) in [6, 6.07) is 4.63. The highest BCUT2D eigenvalue weighted by Gasteiger charge is 2.16. The van der Waals surface area contributed by atoms with Crippen LogP contribution in [0.5, 0.6) is 5.88 Å². The van der Waals surface area contributed by atoms with Crippen LogP contribution in [-0.2, 0) is 0 Å². The molecular formula is C13H20N2O. The lowest BCUT2D eigenvalue weighted by Crippen LogP contribution is -2.26. The SMILES string of the molecule is CC(C)COc1ccc(NC2CCC2)cn1. The predicted molar refractivity (Wildman–Crippen MR) is 65.8 cm³/mol. The number of ether oxygens (including phenoxy) is 1. The summed E-state index contributed by atoms with van der Waals surface area (Å²) in [4.78, 5) is 4.28. The lowest BCUT2D eigenvalue weighted by atomic mass is 9.93. The number of hydrogen-bond donors (Lipinski definition) is 1. The summed E-state index contributed by atoms with van der Waals surface area (Å²) < 4.78 is 5.53. The Morgan fingerprint density at radius 3 is 2.75 bits per heavy atom. The van der Waals surface area contributed by atoms with Crippen molar-refractivity contribution in [2.75, 3.05) is 11.9 Å². The average molecular weight is 220 g/mol. The van der Waals surface area contributed by atoms with E-state index in [1.807, 2.05) is 18.3 Å². The summed E-state index contributed by atoms with van der Waals surface area (Å²) in [7, 11) is 0. The van der Waals surface area contributed by atoms with E-state index in [-0.39, 0.29) is 0 Å². The van der Waals surface area contributed by atoms with Crippen LogP contribution in [0.1, 0.15) is 33.1 Å². The number of pyridine rings is 1. The van der Waals surface area contributed by atoms with E-state index in [4.69, 9.17) is 4.74 Å². The van der Waals surface area contributed by atoms with Crippen molar-refractivity contribution in [3.8, 4) is 5.88 Å². The second kappa shape index (κ2) is 5.19. The Morgan fingerprint density at radius 2 is 2.25 bits per heavy atom. The average Bonchev–Trinajstić information content (AvgIpc) is 2.22. The molecule has 1 fully saturated rings. The van der Waals surface area contributed by atoms with E-state index < -0.39 is 0 Å². The first-order valence-electron chi connectivity index (χ1n) is 6.09. The van der Waals surface area contributed by atoms with Crippen molar-refractivity contribution in [1.82, 2.24) is 4.98 Å². The summed E-state index contributed by atoms with van der Waals surface area (Å²) in [6.07, 6.45) is 5.77. The normalized spacial score (nSPS) is 15.9. The van der Waals surface area contributed by atoms with Crippen LogP contribution in [0.4, 0.5) is 5.69 Å². The molecule has 0 aliphatic heterocycles. The van der Waals surface area contributed by atoms with Crippen molar-refractivity contribution in [2.45, 2.75) is 39.2 Å². The van der Waals surface area contributed by atoms with Gasteiger partial charge in [0.1, 0.15) is 0 Å². The third-order valence-corrected chi connectivity index (χ3v) is 2.78. The molecule has 3 heteroatoms. The molecule has 1 heterocycles. The van der Waals surface area contributed by atoms with Gasteiger partial charge in [-0.3, -0.25) is 0 Å². The number of rotatable bonds is 5. The first-order valence-corrected chi connectivity index (χ1v) is 6.09. The molecular weight excluding hydrogens is 200 g/mol. The lowest BCUT2D eigenvalue weighted by Gasteiger charge is -2.27. The van der Waals surface area contributed by atoms with Crippen LogP contribution in [0, 0.1) is 5.92 Å². The highest BCUT2D eigenvalue weighted by atomic mass is 16.5. The topological polar surface area (TPSA) is 34.1 Å². The van der Waals surface area contributed by atoms with Gasteiger partial charge < -0.3 is 10.1 Å². The molecule has 88 valence electrons. The van der Waals surface area contributed by atoms with Gasteiger partial charge in [0.15, 0.2) is 0 Å². The van der Waals surface area contributed by atoms with Crippen LogP contribution in [0.25, 0.3) is 0 Å². The van der Waals surface area contributed by atoms with Crippen molar-refractivity contribution in [1.29, 1.82) is 0 Å². The fourth-order valence-corrected chi connectivity index (χ4v) is 1.59. The van der Waals surface area contributed by atoms with Crippen molar-refractivity contribution >= 4 is 5.69 Å². The largest absolute Gasteiger partial charge is 0.477 e. The van der Waals surface area contributed by atoms with E-state index in [1.165, 1.54) is 19.3 Å². The summed E-state index contributed by atoms with van der Waals surface area (Å²) >= 11 is 0. The second-order valence-electron chi connectivity index (χ2n) is 4.86. The minimum absolute atomic E-state index is 0.537. The molecule has 0 unspecified atom stereocenters. The molecule has 3 nitrogen and oxygen atoms in total. The maximum absolute atomic E-state index is 5.53. The van der Waals surface area contributed by atoms with Crippen LogP contribution < -0.4 is 10.1 Å². The van der Waals surface area contributed by atoms with E-state index in [2.05, 4.69) is 24.1 Å². The summed E-state index contributed by atoms with van der Waals surface area (Å²) in [5.74, 6) is 1.25. The molecule has 0 bridgehead atoms. The van der Waals surface area contributed by atoms with Crippen LogP contribution in [0.2, 0.25) is 0 Å². The van der Waals surface area contributed by atoms with Gasteiger partial charge in [0.25, 0.3) is 0 Å². The third kappa shape index (κ3) is 3.12. The second-order valence-corrected chi connectivity index (χ2v) is 4.86. The minimum Gasteiger partial charge on any atom is -0.477 e. The molecule has 1 aromatic rings. The molecule has 0 spiro atoms. The van der Waals surface area contributed by atoms with Crippen LogP contribution in [-0.4, -0.2) is 17.6 Å². The maximum Gasteiger partial charge on any atom is 0.213 e. The Morgan fingerprint density at radius 1 is 1.44 bits per heavy atom. The van der Waals surface area contributed by atoms with Gasteiger partial charge in [0, 0.05) is 12.1 Å². The molecule has 2 rings (SSSR count). The minimum atomic E-state index is 0.537. The van der Waals surface area contributed by atoms with Gasteiger partial charge >= 0.3 is 0 Å². The zero-order valence-corrected chi connectivity index (χ0v) is 10.1. The number of anilines is 1. The van der Waals surface area contributed by atoms with E-state index >= 15 is 0 Å². The monoisotopic (exact) mass is 220 g/mol. The lowest BCUT2D eigenvalue weighted by molar-refractivity contribution is 0.261. The zero-order chi connectivity index (χ0) is 11.4. The molecule has 16 heavy (non-hydrogen) atoms. The van der Waals surface area contributed by atoms with Crippen LogP contribution in [0.15, 0.2) is 18.3 Å². The number of hydrogen-bond acceptors (Lipinski definition) is 3. The molecule has 0 radical (unpaired) electrons. The Kier molecular flexibility index (Phi) is 3.65. The molecule has 1 saturated carbocycles. The summed E-state index contributed by atoms with van der Waals surface area (Å²) in [5.41, 5.74) is 1.10. The fourth-order valence-electron chi connectivity index (χ4n) is 1.59. The van der Waals surface area contributed by atoms with Gasteiger partial charge in [-0.15, -0.1) is 0 Å². The van der Waals surface area contributed by atoms with Gasteiger partial charge in [-0.25, -0.2) is 4.98 Å². The first-order chi connectivity index (χ1) is 7.74. The zero-order valence-electron chi connectivity index (χ0n) is 10.1. The molecule has 1 N–H and O–H groups in total. The molecule has 0 amide bonds.